The van der Waals surface area contributed by atoms with E-state index in [0.717, 1.165) is 22.3 Å². The molecule has 0 radical (unpaired) electrons. The first-order chi connectivity index (χ1) is 12.7. The van der Waals surface area contributed by atoms with E-state index >= 15 is 0 Å². The van der Waals surface area contributed by atoms with Crippen LogP contribution in [0.25, 0.3) is 22.6 Å². The highest BCUT2D eigenvalue weighted by Gasteiger charge is 2.13. The van der Waals surface area contributed by atoms with Crippen molar-refractivity contribution in [2.24, 2.45) is 0 Å². The molecule has 6 nitrogen and oxygen atoms in total. The Morgan fingerprint density at radius 2 is 2.04 bits per heavy atom. The number of rotatable bonds is 4. The van der Waals surface area contributed by atoms with Gasteiger partial charge in [0.2, 0.25) is 0 Å². The van der Waals surface area contributed by atoms with Crippen molar-refractivity contribution in [1.29, 1.82) is 0 Å². The van der Waals surface area contributed by atoms with E-state index in [4.69, 9.17) is 0 Å². The summed E-state index contributed by atoms with van der Waals surface area (Å²) in [5.74, 6) is 0.541. The molecule has 1 unspecified atom stereocenters. The van der Waals surface area contributed by atoms with Crippen LogP contribution in [-0.4, -0.2) is 25.8 Å². The fourth-order valence-corrected chi connectivity index (χ4v) is 2.77. The average Bonchev–Trinajstić information content (AvgIpc) is 3.12. The SMILES string of the molecule is CC(NC(=O)c1ccc2nc(-c3ccccn3)[nH]c2c1)c1cccnc1. The third kappa shape index (κ3) is 3.17. The number of H-pyrrole nitrogens is 1. The average molecular weight is 343 g/mol. The van der Waals surface area contributed by atoms with E-state index in [1.807, 2.05) is 43.3 Å². The number of aromatic amines is 1. The second-order valence-electron chi connectivity index (χ2n) is 6.01. The van der Waals surface area contributed by atoms with E-state index < -0.39 is 0 Å². The fourth-order valence-electron chi connectivity index (χ4n) is 2.77. The van der Waals surface area contributed by atoms with Crippen molar-refractivity contribution in [3.63, 3.8) is 0 Å². The van der Waals surface area contributed by atoms with Gasteiger partial charge in [0.15, 0.2) is 5.82 Å². The molecule has 0 aliphatic carbocycles. The molecule has 1 aromatic carbocycles. The minimum Gasteiger partial charge on any atom is -0.345 e. The van der Waals surface area contributed by atoms with Gasteiger partial charge in [-0.05, 0) is 48.9 Å². The zero-order valence-electron chi connectivity index (χ0n) is 14.2. The second kappa shape index (κ2) is 6.76. The van der Waals surface area contributed by atoms with Crippen molar-refractivity contribution >= 4 is 16.9 Å². The van der Waals surface area contributed by atoms with Crippen LogP contribution < -0.4 is 5.32 Å². The Hall–Kier alpha value is -3.54. The molecule has 6 heteroatoms. The summed E-state index contributed by atoms with van der Waals surface area (Å²) in [6.45, 7) is 1.93. The molecule has 0 saturated carbocycles. The molecule has 2 N–H and O–H groups in total. The molecule has 26 heavy (non-hydrogen) atoms. The predicted molar refractivity (Wildman–Crippen MR) is 99.4 cm³/mol. The lowest BCUT2D eigenvalue weighted by atomic mass is 10.1. The summed E-state index contributed by atoms with van der Waals surface area (Å²) in [5.41, 5.74) is 3.89. The van der Waals surface area contributed by atoms with Gasteiger partial charge in [0.05, 0.1) is 17.1 Å². The Balaban J connectivity index is 1.58. The molecule has 1 amide bonds. The van der Waals surface area contributed by atoms with Crippen molar-refractivity contribution in [2.75, 3.05) is 0 Å². The summed E-state index contributed by atoms with van der Waals surface area (Å²) >= 11 is 0. The Bertz CT molecular complexity index is 1040. The maximum atomic E-state index is 12.6. The van der Waals surface area contributed by atoms with Gasteiger partial charge in [-0.1, -0.05) is 12.1 Å². The maximum absolute atomic E-state index is 12.6. The van der Waals surface area contributed by atoms with Gasteiger partial charge < -0.3 is 10.3 Å². The van der Waals surface area contributed by atoms with Crippen LogP contribution >= 0.6 is 0 Å². The second-order valence-corrected chi connectivity index (χ2v) is 6.01. The molecule has 0 aliphatic heterocycles. The normalized spacial score (nSPS) is 12.0. The lowest BCUT2D eigenvalue weighted by molar-refractivity contribution is 0.0940. The lowest BCUT2D eigenvalue weighted by Crippen LogP contribution is -2.26. The standard InChI is InChI=1S/C20H17N5O/c1-13(15-5-4-9-21-12-15)23-20(26)14-7-8-16-18(11-14)25-19(24-16)17-6-2-3-10-22-17/h2-13H,1H3,(H,23,26)(H,24,25). The molecule has 0 fully saturated rings. The molecule has 4 rings (SSSR count). The highest BCUT2D eigenvalue weighted by molar-refractivity contribution is 5.97. The van der Waals surface area contributed by atoms with Gasteiger partial charge in [-0.15, -0.1) is 0 Å². The molecule has 128 valence electrons. The zero-order chi connectivity index (χ0) is 17.9. The van der Waals surface area contributed by atoms with Crippen molar-refractivity contribution < 1.29 is 4.79 Å². The minimum atomic E-state index is -0.141. The highest BCUT2D eigenvalue weighted by Crippen LogP contribution is 2.20. The number of pyridine rings is 2. The van der Waals surface area contributed by atoms with Crippen LogP contribution in [0.1, 0.15) is 28.9 Å². The summed E-state index contributed by atoms with van der Waals surface area (Å²) in [7, 11) is 0. The Labute approximate surface area is 150 Å². The van der Waals surface area contributed by atoms with Crippen LogP contribution in [0, 0.1) is 0 Å². The molecule has 0 spiro atoms. The van der Waals surface area contributed by atoms with E-state index in [1.54, 1.807) is 30.7 Å². The summed E-state index contributed by atoms with van der Waals surface area (Å²) < 4.78 is 0. The molecule has 3 aromatic heterocycles. The van der Waals surface area contributed by atoms with E-state index in [1.165, 1.54) is 0 Å². The van der Waals surface area contributed by atoms with Crippen molar-refractivity contribution in [3.8, 4) is 11.5 Å². The van der Waals surface area contributed by atoms with E-state index in [2.05, 4.69) is 25.3 Å². The predicted octanol–water partition coefficient (Wildman–Crippen LogP) is 3.51. The van der Waals surface area contributed by atoms with Crippen LogP contribution in [0.4, 0.5) is 0 Å². The van der Waals surface area contributed by atoms with E-state index in [0.29, 0.717) is 11.4 Å². The number of imidazole rings is 1. The number of fused-ring (bicyclic) bond motifs is 1. The number of hydrogen-bond acceptors (Lipinski definition) is 4. The molecule has 3 heterocycles. The first-order valence-corrected chi connectivity index (χ1v) is 8.32. The summed E-state index contributed by atoms with van der Waals surface area (Å²) in [6, 6.07) is 14.7. The van der Waals surface area contributed by atoms with Crippen LogP contribution in [0.5, 0.6) is 0 Å². The van der Waals surface area contributed by atoms with Gasteiger partial charge in [-0.25, -0.2) is 4.98 Å². The number of nitrogens with zero attached hydrogens (tertiary/aromatic N) is 3. The topological polar surface area (TPSA) is 83.6 Å². The maximum Gasteiger partial charge on any atom is 0.251 e. The molecule has 0 saturated heterocycles. The third-order valence-electron chi connectivity index (χ3n) is 4.18. The summed E-state index contributed by atoms with van der Waals surface area (Å²) in [6.07, 6.45) is 5.19. The monoisotopic (exact) mass is 343 g/mol. The Morgan fingerprint density at radius 3 is 2.81 bits per heavy atom. The highest BCUT2D eigenvalue weighted by atomic mass is 16.1. The molecule has 4 aromatic rings. The van der Waals surface area contributed by atoms with Crippen molar-refractivity contribution in [3.05, 3.63) is 78.2 Å². The first kappa shape index (κ1) is 16.0. The van der Waals surface area contributed by atoms with Crippen molar-refractivity contribution in [2.45, 2.75) is 13.0 Å². The molecular formula is C20H17N5O. The number of hydrogen-bond donors (Lipinski definition) is 2. The van der Waals surface area contributed by atoms with Crippen LogP contribution in [-0.2, 0) is 0 Å². The first-order valence-electron chi connectivity index (χ1n) is 8.32. The number of aromatic nitrogens is 4. The van der Waals surface area contributed by atoms with Gasteiger partial charge in [0.25, 0.3) is 5.91 Å². The van der Waals surface area contributed by atoms with Crippen LogP contribution in [0.2, 0.25) is 0 Å². The quantitative estimate of drug-likeness (QED) is 0.594. The van der Waals surface area contributed by atoms with E-state index in [-0.39, 0.29) is 11.9 Å². The smallest absolute Gasteiger partial charge is 0.251 e. The van der Waals surface area contributed by atoms with Crippen LogP contribution in [0.3, 0.4) is 0 Å². The summed E-state index contributed by atoms with van der Waals surface area (Å²) in [4.78, 5) is 28.7. The molecule has 1 atom stereocenters. The number of carbonyl (C=O) groups excluding carboxylic acids is 1. The molecule has 0 bridgehead atoms. The third-order valence-corrected chi connectivity index (χ3v) is 4.18. The van der Waals surface area contributed by atoms with E-state index in [9.17, 15) is 4.79 Å². The van der Waals surface area contributed by atoms with Gasteiger partial charge in [-0.3, -0.25) is 14.8 Å². The summed E-state index contributed by atoms with van der Waals surface area (Å²) in [5, 5.41) is 2.99. The molecular weight excluding hydrogens is 326 g/mol. The minimum absolute atomic E-state index is 0.127. The largest absolute Gasteiger partial charge is 0.345 e. The van der Waals surface area contributed by atoms with Crippen molar-refractivity contribution in [1.82, 2.24) is 25.3 Å². The van der Waals surface area contributed by atoms with Gasteiger partial charge >= 0.3 is 0 Å². The fraction of sp³-hybridized carbons (Fsp3) is 0.100. The molecule has 0 aliphatic rings. The zero-order valence-corrected chi connectivity index (χ0v) is 14.2. The number of benzene rings is 1. The number of nitrogens with one attached hydrogen (secondary N) is 2. The lowest BCUT2D eigenvalue weighted by Gasteiger charge is -2.13. The van der Waals surface area contributed by atoms with Gasteiger partial charge in [0, 0.05) is 24.2 Å². The van der Waals surface area contributed by atoms with Gasteiger partial charge in [-0.2, -0.15) is 0 Å². The number of carbonyl (C=O) groups is 1. The Kier molecular flexibility index (Phi) is 4.15. The van der Waals surface area contributed by atoms with Crippen LogP contribution in [0.15, 0.2) is 67.1 Å². The van der Waals surface area contributed by atoms with Gasteiger partial charge in [0.1, 0.15) is 5.69 Å². The number of amides is 1. The Morgan fingerprint density at radius 1 is 1.12 bits per heavy atom.